The fourth-order valence-corrected chi connectivity index (χ4v) is 8.94. The van der Waals surface area contributed by atoms with Gasteiger partial charge in [-0.2, -0.15) is 0 Å². The van der Waals surface area contributed by atoms with Gasteiger partial charge in [0.2, 0.25) is 0 Å². The Morgan fingerprint density at radius 3 is 2.25 bits per heavy atom. The van der Waals surface area contributed by atoms with Crippen LogP contribution in [0.5, 0.6) is 5.75 Å². The van der Waals surface area contributed by atoms with Crippen LogP contribution in [0, 0.1) is 11.8 Å². The van der Waals surface area contributed by atoms with Crippen LogP contribution in [0.2, 0.25) is 0 Å². The molecule has 3 fully saturated rings. The van der Waals surface area contributed by atoms with Crippen molar-refractivity contribution in [1.82, 2.24) is 9.80 Å². The summed E-state index contributed by atoms with van der Waals surface area (Å²) >= 11 is 0. The molecule has 5 heteroatoms. The van der Waals surface area contributed by atoms with Crippen LogP contribution in [0.3, 0.4) is 0 Å². The van der Waals surface area contributed by atoms with E-state index in [1.54, 1.807) is 0 Å². The number of carbonyl (C=O) groups is 1. The standard InChI is InChI=1S/C39H49N3O2/c43-28-33-9-5-4-8-32(33)27-40-22-24-42(25-23-40)35-18-20-41(21-19-35)34-13-10-30(11-14-34)39-37(29-6-2-1-3-7-29)16-12-31-26-36(44)15-17-38(31)39/h1-3,6-7,10-11,13-15,17,26,28,32-33,35,37,39,44H,4-5,8-9,12,16,18-25,27H2/t32-,33-,37+,39-/m0/s1. The van der Waals surface area contributed by atoms with E-state index in [-0.39, 0.29) is 0 Å². The third-order valence-corrected chi connectivity index (χ3v) is 11.5. The maximum Gasteiger partial charge on any atom is 0.123 e. The minimum atomic E-state index is 0.290. The number of carbonyl (C=O) groups excluding carboxylic acids is 1. The minimum Gasteiger partial charge on any atom is -0.508 e. The fourth-order valence-electron chi connectivity index (χ4n) is 8.94. The van der Waals surface area contributed by atoms with E-state index in [0.29, 0.717) is 35.5 Å². The largest absolute Gasteiger partial charge is 0.508 e. The number of aromatic hydroxyl groups is 1. The summed E-state index contributed by atoms with van der Waals surface area (Å²) in [5, 5.41) is 10.2. The molecule has 0 bridgehead atoms. The third kappa shape index (κ3) is 6.32. The predicted octanol–water partition coefficient (Wildman–Crippen LogP) is 6.85. The Hall–Kier alpha value is -3.15. The van der Waals surface area contributed by atoms with E-state index in [4.69, 9.17) is 0 Å². The van der Waals surface area contributed by atoms with Crippen LogP contribution >= 0.6 is 0 Å². The van der Waals surface area contributed by atoms with Gasteiger partial charge in [-0.05, 0) is 96.9 Å². The molecule has 5 nitrogen and oxygen atoms in total. The fraction of sp³-hybridized carbons (Fsp3) is 0.513. The second-order valence-electron chi connectivity index (χ2n) is 13.9. The Bertz CT molecular complexity index is 1380. The molecule has 2 aliphatic heterocycles. The van der Waals surface area contributed by atoms with Gasteiger partial charge in [0.25, 0.3) is 0 Å². The number of nitrogens with zero attached hydrogens (tertiary/aromatic N) is 3. The molecular weight excluding hydrogens is 542 g/mol. The number of piperazine rings is 1. The summed E-state index contributed by atoms with van der Waals surface area (Å²) in [5.74, 6) is 1.96. The smallest absolute Gasteiger partial charge is 0.123 e. The molecule has 1 N–H and O–H groups in total. The molecule has 0 aromatic heterocycles. The van der Waals surface area contributed by atoms with Crippen molar-refractivity contribution in [2.75, 3.05) is 50.7 Å². The van der Waals surface area contributed by atoms with Gasteiger partial charge in [-0.25, -0.2) is 0 Å². The molecular formula is C39H49N3O2. The number of fused-ring (bicyclic) bond motifs is 1. The van der Waals surface area contributed by atoms with Crippen molar-refractivity contribution in [3.63, 3.8) is 0 Å². The van der Waals surface area contributed by atoms with E-state index >= 15 is 0 Å². The van der Waals surface area contributed by atoms with Gasteiger partial charge >= 0.3 is 0 Å². The van der Waals surface area contributed by atoms with Gasteiger partial charge in [0.05, 0.1) is 0 Å². The normalized spacial score (nSPS) is 27.1. The zero-order valence-electron chi connectivity index (χ0n) is 26.2. The Kier molecular flexibility index (Phi) is 9.04. The minimum absolute atomic E-state index is 0.290. The zero-order valence-corrected chi connectivity index (χ0v) is 26.2. The first-order chi connectivity index (χ1) is 21.7. The predicted molar refractivity (Wildman–Crippen MR) is 179 cm³/mol. The number of rotatable bonds is 7. The van der Waals surface area contributed by atoms with Crippen molar-refractivity contribution < 1.29 is 9.90 Å². The number of aldehydes is 1. The number of hydrogen-bond donors (Lipinski definition) is 1. The quantitative estimate of drug-likeness (QED) is 0.305. The number of phenols is 1. The van der Waals surface area contributed by atoms with Gasteiger partial charge in [0.15, 0.2) is 0 Å². The molecule has 0 radical (unpaired) electrons. The monoisotopic (exact) mass is 591 g/mol. The van der Waals surface area contributed by atoms with E-state index in [9.17, 15) is 9.90 Å². The average Bonchev–Trinajstić information content (AvgIpc) is 3.09. The molecule has 0 amide bonds. The Balaban J connectivity index is 0.966. The van der Waals surface area contributed by atoms with Gasteiger partial charge < -0.3 is 19.7 Å². The van der Waals surface area contributed by atoms with E-state index in [1.807, 2.05) is 12.1 Å². The van der Waals surface area contributed by atoms with Crippen molar-refractivity contribution in [2.24, 2.45) is 11.8 Å². The molecule has 2 saturated heterocycles. The van der Waals surface area contributed by atoms with Crippen LogP contribution in [-0.2, 0) is 11.2 Å². The van der Waals surface area contributed by atoms with E-state index in [0.717, 1.165) is 52.0 Å². The van der Waals surface area contributed by atoms with Crippen molar-refractivity contribution >= 4 is 12.0 Å². The summed E-state index contributed by atoms with van der Waals surface area (Å²) in [7, 11) is 0. The second kappa shape index (κ2) is 13.5. The van der Waals surface area contributed by atoms with Crippen LogP contribution < -0.4 is 4.90 Å². The van der Waals surface area contributed by atoms with Crippen molar-refractivity contribution in [1.29, 1.82) is 0 Å². The lowest BCUT2D eigenvalue weighted by Crippen LogP contribution is -2.54. The molecule has 0 unspecified atom stereocenters. The summed E-state index contributed by atoms with van der Waals surface area (Å²) in [6.45, 7) is 7.99. The molecule has 1 saturated carbocycles. The van der Waals surface area contributed by atoms with Gasteiger partial charge in [-0.3, -0.25) is 4.90 Å². The molecule has 2 heterocycles. The highest BCUT2D eigenvalue weighted by Gasteiger charge is 2.33. The Morgan fingerprint density at radius 2 is 1.50 bits per heavy atom. The Labute approximate surface area is 263 Å². The number of hydrogen-bond acceptors (Lipinski definition) is 5. The SMILES string of the molecule is O=C[C@@H]1CCCC[C@H]1CN1CCN(C2CCN(c3ccc([C@@H]4c5ccc(O)cc5CC[C@@H]4c4ccccc4)cc3)CC2)CC1. The van der Waals surface area contributed by atoms with E-state index in [1.165, 1.54) is 79.4 Å². The highest BCUT2D eigenvalue weighted by atomic mass is 16.3. The summed E-state index contributed by atoms with van der Waals surface area (Å²) < 4.78 is 0. The van der Waals surface area contributed by atoms with Crippen molar-refractivity contribution in [2.45, 2.75) is 69.2 Å². The topological polar surface area (TPSA) is 47.0 Å². The number of aryl methyl sites for hydroxylation is 1. The summed E-state index contributed by atoms with van der Waals surface area (Å²) in [4.78, 5) is 19.5. The molecule has 0 spiro atoms. The summed E-state index contributed by atoms with van der Waals surface area (Å²) in [5.41, 5.74) is 6.76. The van der Waals surface area contributed by atoms with Crippen LogP contribution in [0.25, 0.3) is 0 Å². The Morgan fingerprint density at radius 1 is 0.750 bits per heavy atom. The third-order valence-electron chi connectivity index (χ3n) is 11.5. The lowest BCUT2D eigenvalue weighted by Gasteiger charge is -2.44. The van der Waals surface area contributed by atoms with Crippen LogP contribution in [-0.4, -0.2) is 73.0 Å². The molecule has 3 aromatic carbocycles. The molecule has 44 heavy (non-hydrogen) atoms. The van der Waals surface area contributed by atoms with Gasteiger partial charge in [0.1, 0.15) is 12.0 Å². The van der Waals surface area contributed by atoms with E-state index in [2.05, 4.69) is 75.4 Å². The number of anilines is 1. The number of phenolic OH excluding ortho intramolecular Hbond substituents is 1. The van der Waals surface area contributed by atoms with Gasteiger partial charge in [0, 0.05) is 69.4 Å². The first-order valence-electron chi connectivity index (χ1n) is 17.3. The summed E-state index contributed by atoms with van der Waals surface area (Å²) in [6, 6.07) is 27.1. The maximum atomic E-state index is 11.6. The summed E-state index contributed by atoms with van der Waals surface area (Å²) in [6.07, 6.45) is 10.7. The number of benzene rings is 3. The molecule has 232 valence electrons. The van der Waals surface area contributed by atoms with Gasteiger partial charge in [-0.15, -0.1) is 0 Å². The zero-order chi connectivity index (χ0) is 29.9. The lowest BCUT2D eigenvalue weighted by atomic mass is 9.69. The lowest BCUT2D eigenvalue weighted by molar-refractivity contribution is -0.113. The van der Waals surface area contributed by atoms with Crippen molar-refractivity contribution in [3.8, 4) is 5.75 Å². The highest BCUT2D eigenvalue weighted by molar-refractivity contribution is 5.54. The first kappa shape index (κ1) is 29.6. The molecule has 4 atom stereocenters. The van der Waals surface area contributed by atoms with Crippen LogP contribution in [0.4, 0.5) is 5.69 Å². The van der Waals surface area contributed by atoms with Crippen LogP contribution in [0.15, 0.2) is 72.8 Å². The first-order valence-corrected chi connectivity index (χ1v) is 17.3. The molecule has 7 rings (SSSR count). The number of piperidine rings is 1. The molecule has 2 aliphatic carbocycles. The van der Waals surface area contributed by atoms with E-state index < -0.39 is 0 Å². The average molecular weight is 592 g/mol. The maximum absolute atomic E-state index is 11.6. The van der Waals surface area contributed by atoms with Crippen LogP contribution in [0.1, 0.15) is 79.0 Å². The molecule has 4 aliphatic rings. The highest BCUT2D eigenvalue weighted by Crippen LogP contribution is 2.47. The second-order valence-corrected chi connectivity index (χ2v) is 13.9. The molecule has 3 aromatic rings. The van der Waals surface area contributed by atoms with Crippen molar-refractivity contribution in [3.05, 3.63) is 95.1 Å². The van der Waals surface area contributed by atoms with Gasteiger partial charge in [-0.1, -0.05) is 61.4 Å².